The van der Waals surface area contributed by atoms with Crippen molar-refractivity contribution in [3.8, 4) is 0 Å². The number of rotatable bonds is 4. The van der Waals surface area contributed by atoms with Crippen molar-refractivity contribution in [2.75, 3.05) is 30.3 Å². The Kier molecular flexibility index (Phi) is 7.76. The van der Waals surface area contributed by atoms with Crippen LogP contribution in [0.1, 0.15) is 26.2 Å². The largest absolute Gasteiger partial charge is 0.460 e. The highest BCUT2D eigenvalue weighted by atomic mass is 16.5. The molecular formula is C15H25N5O4. The lowest BCUT2D eigenvalue weighted by molar-refractivity contribution is -0.151. The lowest BCUT2D eigenvalue weighted by atomic mass is 10.1. The van der Waals surface area contributed by atoms with Crippen molar-refractivity contribution in [2.24, 2.45) is 0 Å². The monoisotopic (exact) mass is 339 g/mol. The van der Waals surface area contributed by atoms with Gasteiger partial charge in [-0.25, -0.2) is 4.79 Å². The summed E-state index contributed by atoms with van der Waals surface area (Å²) in [6, 6.07) is 1.60. The molecular weight excluding hydrogens is 314 g/mol. The Labute approximate surface area is 140 Å². The van der Waals surface area contributed by atoms with E-state index in [1.165, 1.54) is 19.4 Å². The first-order chi connectivity index (χ1) is 11.4. The molecule has 2 rings (SSSR count). The number of hydrogen-bond donors (Lipinski definition) is 4. The van der Waals surface area contributed by atoms with Crippen molar-refractivity contribution in [1.29, 1.82) is 5.41 Å². The number of piperidine rings is 1. The molecule has 24 heavy (non-hydrogen) atoms. The first-order valence-electron chi connectivity index (χ1n) is 7.70. The van der Waals surface area contributed by atoms with Crippen LogP contribution in [0.4, 0.5) is 11.6 Å². The van der Waals surface area contributed by atoms with E-state index in [2.05, 4.69) is 21.2 Å². The van der Waals surface area contributed by atoms with Gasteiger partial charge in [-0.05, 0) is 26.2 Å². The zero-order chi connectivity index (χ0) is 18.1. The Morgan fingerprint density at radius 2 is 2.17 bits per heavy atom. The van der Waals surface area contributed by atoms with Crippen molar-refractivity contribution >= 4 is 17.6 Å². The molecule has 1 atom stereocenters. The molecule has 0 radical (unpaired) electrons. The average Bonchev–Trinajstić information content (AvgIpc) is 2.58. The van der Waals surface area contributed by atoms with Gasteiger partial charge in [-0.3, -0.25) is 5.41 Å². The van der Waals surface area contributed by atoms with E-state index in [0.717, 1.165) is 25.9 Å². The molecule has 134 valence electrons. The maximum absolute atomic E-state index is 10.4. The molecule has 1 saturated heterocycles. The second-order valence-corrected chi connectivity index (χ2v) is 5.32. The number of carbonyl (C=O) groups excluding carboxylic acids is 1. The number of nitrogens with two attached hydrogens (primary N) is 1. The lowest BCUT2D eigenvalue weighted by Crippen LogP contribution is -2.33. The van der Waals surface area contributed by atoms with Gasteiger partial charge in [-0.1, -0.05) is 12.7 Å². The van der Waals surface area contributed by atoms with E-state index >= 15 is 0 Å². The normalized spacial score (nSPS) is 15.0. The third-order valence-corrected chi connectivity index (χ3v) is 3.31. The molecule has 0 amide bonds. The fourth-order valence-electron chi connectivity index (χ4n) is 2.05. The van der Waals surface area contributed by atoms with E-state index in [1.807, 2.05) is 0 Å². The number of esters is 1. The van der Waals surface area contributed by atoms with Gasteiger partial charge in [0, 0.05) is 19.2 Å². The highest BCUT2D eigenvalue weighted by Gasteiger charge is 2.13. The predicted octanol–water partition coefficient (Wildman–Crippen LogP) is 0.269. The molecule has 1 aliphatic rings. The molecule has 2 heterocycles. The number of nitrogens with zero attached hydrogens (tertiary/aromatic N) is 3. The number of nitrogens with one attached hydrogen (secondary N) is 1. The van der Waals surface area contributed by atoms with Crippen LogP contribution in [0, 0.1) is 5.41 Å². The molecule has 5 N–H and O–H groups in total. The van der Waals surface area contributed by atoms with Crippen LogP contribution >= 0.6 is 0 Å². The second-order valence-electron chi connectivity index (χ2n) is 5.32. The SMILES string of the molecule is C=CCOC(=O)C(C)O.N=c1nc(N2CCCCC2)cc(N)n1O. The first-order valence-corrected chi connectivity index (χ1v) is 7.70. The molecule has 1 fully saturated rings. The fraction of sp³-hybridized carbons (Fsp3) is 0.533. The van der Waals surface area contributed by atoms with Crippen molar-refractivity contribution in [1.82, 2.24) is 9.71 Å². The van der Waals surface area contributed by atoms with E-state index in [0.29, 0.717) is 10.5 Å². The summed E-state index contributed by atoms with van der Waals surface area (Å²) < 4.78 is 5.02. The highest BCUT2D eigenvalue weighted by Crippen LogP contribution is 2.17. The number of hydrogen-bond acceptors (Lipinski definition) is 8. The summed E-state index contributed by atoms with van der Waals surface area (Å²) in [5.74, 6) is 0.216. The second kappa shape index (κ2) is 9.56. The zero-order valence-electron chi connectivity index (χ0n) is 13.8. The topological polar surface area (TPSA) is 138 Å². The molecule has 0 bridgehead atoms. The minimum absolute atomic E-state index is 0.149. The minimum atomic E-state index is -1.04. The fourth-order valence-corrected chi connectivity index (χ4v) is 2.05. The maximum Gasteiger partial charge on any atom is 0.334 e. The number of aliphatic hydroxyl groups excluding tert-OH is 1. The molecule has 0 spiro atoms. The van der Waals surface area contributed by atoms with Crippen molar-refractivity contribution < 1.29 is 19.8 Å². The molecule has 0 aromatic carbocycles. The van der Waals surface area contributed by atoms with E-state index in [-0.39, 0.29) is 18.0 Å². The van der Waals surface area contributed by atoms with E-state index in [9.17, 15) is 10.0 Å². The van der Waals surface area contributed by atoms with Gasteiger partial charge in [0.25, 0.3) is 5.62 Å². The Morgan fingerprint density at radius 1 is 1.54 bits per heavy atom. The maximum atomic E-state index is 10.4. The summed E-state index contributed by atoms with van der Waals surface area (Å²) in [5.41, 5.74) is 5.33. The summed E-state index contributed by atoms with van der Waals surface area (Å²) in [6.45, 7) is 6.73. The van der Waals surface area contributed by atoms with Crippen molar-refractivity contribution in [3.63, 3.8) is 0 Å². The summed E-state index contributed by atoms with van der Waals surface area (Å²) in [4.78, 5) is 16.5. The molecule has 1 aliphatic heterocycles. The van der Waals surface area contributed by atoms with Crippen LogP contribution in [-0.4, -0.2) is 51.8 Å². The summed E-state index contributed by atoms with van der Waals surface area (Å²) in [7, 11) is 0. The van der Waals surface area contributed by atoms with Gasteiger partial charge in [0.1, 0.15) is 24.3 Å². The molecule has 1 aromatic rings. The van der Waals surface area contributed by atoms with Crippen LogP contribution in [0.2, 0.25) is 0 Å². The Morgan fingerprint density at radius 3 is 2.67 bits per heavy atom. The number of nitrogen functional groups attached to an aromatic ring is 1. The van der Waals surface area contributed by atoms with Crippen LogP contribution in [0.25, 0.3) is 0 Å². The van der Waals surface area contributed by atoms with Crippen LogP contribution in [-0.2, 0) is 9.53 Å². The van der Waals surface area contributed by atoms with Crippen LogP contribution in [0.15, 0.2) is 18.7 Å². The average molecular weight is 339 g/mol. The van der Waals surface area contributed by atoms with Crippen LogP contribution < -0.4 is 16.3 Å². The summed E-state index contributed by atoms with van der Waals surface area (Å²) in [6.07, 6.45) is 3.93. The van der Waals surface area contributed by atoms with Crippen LogP contribution in [0.3, 0.4) is 0 Å². The van der Waals surface area contributed by atoms with Gasteiger partial charge in [0.05, 0.1) is 0 Å². The van der Waals surface area contributed by atoms with Gasteiger partial charge < -0.3 is 25.7 Å². The van der Waals surface area contributed by atoms with Crippen LogP contribution in [0.5, 0.6) is 0 Å². The van der Waals surface area contributed by atoms with Gasteiger partial charge in [0.15, 0.2) is 0 Å². The summed E-state index contributed by atoms with van der Waals surface area (Å²) in [5, 5.41) is 25.2. The molecule has 0 aliphatic carbocycles. The van der Waals surface area contributed by atoms with Gasteiger partial charge in [-0.2, -0.15) is 4.98 Å². The van der Waals surface area contributed by atoms with E-state index in [1.54, 1.807) is 6.07 Å². The quantitative estimate of drug-likeness (QED) is 0.351. The number of anilines is 2. The first kappa shape index (κ1) is 19.5. The number of aromatic nitrogens is 2. The smallest absolute Gasteiger partial charge is 0.334 e. The Hall–Kier alpha value is -2.55. The zero-order valence-corrected chi connectivity index (χ0v) is 13.8. The van der Waals surface area contributed by atoms with Gasteiger partial charge in [0.2, 0.25) is 0 Å². The van der Waals surface area contributed by atoms with Gasteiger partial charge in [-0.15, -0.1) is 4.73 Å². The summed E-state index contributed by atoms with van der Waals surface area (Å²) >= 11 is 0. The van der Waals surface area contributed by atoms with E-state index < -0.39 is 12.1 Å². The molecule has 9 nitrogen and oxygen atoms in total. The Bertz CT molecular complexity index is 608. The predicted molar refractivity (Wildman–Crippen MR) is 88.6 cm³/mol. The van der Waals surface area contributed by atoms with Crippen molar-refractivity contribution in [3.05, 3.63) is 24.3 Å². The molecule has 9 heteroatoms. The number of aliphatic hydroxyl groups is 1. The highest BCUT2D eigenvalue weighted by molar-refractivity contribution is 5.73. The molecule has 1 aromatic heterocycles. The van der Waals surface area contributed by atoms with Crippen molar-refractivity contribution in [2.45, 2.75) is 32.3 Å². The molecule has 1 unspecified atom stereocenters. The number of ether oxygens (including phenoxy) is 1. The molecule has 0 saturated carbocycles. The standard InChI is InChI=1S/C9H15N5O.C6H10O3/c10-7-6-8(12-9(11)14(7)15)13-4-2-1-3-5-13;1-3-4-9-6(8)5(2)7/h6,11,15H,1-5,10H2;3,5,7H,1,4H2,2H3. The van der Waals surface area contributed by atoms with E-state index in [4.69, 9.17) is 16.2 Å². The third-order valence-electron chi connectivity index (χ3n) is 3.31. The Balaban J connectivity index is 0.000000277. The third kappa shape index (κ3) is 5.92. The van der Waals surface area contributed by atoms with Gasteiger partial charge >= 0.3 is 5.97 Å². The number of carbonyl (C=O) groups is 1. The minimum Gasteiger partial charge on any atom is -0.460 e. The lowest BCUT2D eigenvalue weighted by Gasteiger charge is -2.27.